The molecule has 7 nitrogen and oxygen atoms in total. The highest BCUT2D eigenvalue weighted by Gasteiger charge is 2.32. The number of pyridine rings is 1. The Kier molecular flexibility index (Phi) is 5.06. The summed E-state index contributed by atoms with van der Waals surface area (Å²) >= 11 is 0. The highest BCUT2D eigenvalue weighted by molar-refractivity contribution is 5.96. The third-order valence-corrected chi connectivity index (χ3v) is 4.76. The number of aliphatic hydroxyl groups is 1. The number of aromatic nitrogens is 3. The lowest BCUT2D eigenvalue weighted by molar-refractivity contribution is 0.00885. The quantitative estimate of drug-likeness (QED) is 0.902. The van der Waals surface area contributed by atoms with Gasteiger partial charge in [0.2, 0.25) is 0 Å². The van der Waals surface area contributed by atoms with Gasteiger partial charge >= 0.3 is 0 Å². The molecule has 2 atom stereocenters. The van der Waals surface area contributed by atoms with E-state index in [1.807, 2.05) is 29.6 Å². The average Bonchev–Trinajstić information content (AvgIpc) is 2.96. The van der Waals surface area contributed by atoms with Gasteiger partial charge in [-0.25, -0.2) is 9.97 Å². The summed E-state index contributed by atoms with van der Waals surface area (Å²) in [5, 5.41) is 10.1. The molecule has 136 valence electrons. The van der Waals surface area contributed by atoms with Crippen molar-refractivity contribution < 1.29 is 9.90 Å². The molecule has 3 heterocycles. The molecule has 0 saturated carbocycles. The zero-order chi connectivity index (χ0) is 18.1. The Hall–Kier alpha value is -1.99. The molecular weight excluding hydrogens is 318 g/mol. The van der Waals surface area contributed by atoms with Crippen LogP contribution in [0.1, 0.15) is 30.6 Å². The molecule has 0 aromatic carbocycles. The van der Waals surface area contributed by atoms with E-state index in [9.17, 15) is 9.90 Å². The van der Waals surface area contributed by atoms with Gasteiger partial charge in [-0.1, -0.05) is 13.8 Å². The number of hydrogen-bond acceptors (Lipinski definition) is 5. The number of piperidine rings is 1. The molecule has 1 amide bonds. The number of hydrogen-bond donors (Lipinski definition) is 1. The standard InChI is InChI=1S/C18H27N5O2/c1-12(2)9-23-11-20-14-7-13(8-19-17(14)23)18(25)22-6-5-16(24)15(10-22)21(3)4/h7-8,11-12,15-16,24H,5-6,9-10H2,1-4H3/t15-,16+/m1/s1. The molecule has 1 aliphatic heterocycles. The van der Waals surface area contributed by atoms with Gasteiger partial charge in [0.15, 0.2) is 5.65 Å². The van der Waals surface area contributed by atoms with Gasteiger partial charge in [0.05, 0.1) is 24.0 Å². The molecule has 1 saturated heterocycles. The molecule has 7 heteroatoms. The van der Waals surface area contributed by atoms with E-state index in [0.29, 0.717) is 31.0 Å². The van der Waals surface area contributed by atoms with Gasteiger partial charge in [-0.3, -0.25) is 4.79 Å². The number of rotatable bonds is 4. The number of aliphatic hydroxyl groups excluding tert-OH is 1. The minimum atomic E-state index is -0.397. The van der Waals surface area contributed by atoms with Crippen molar-refractivity contribution in [2.45, 2.75) is 39.0 Å². The summed E-state index contributed by atoms with van der Waals surface area (Å²) in [7, 11) is 3.85. The first kappa shape index (κ1) is 17.8. The summed E-state index contributed by atoms with van der Waals surface area (Å²) in [5.41, 5.74) is 2.11. The van der Waals surface area contributed by atoms with Crippen LogP contribution in [0.2, 0.25) is 0 Å². The molecule has 1 fully saturated rings. The van der Waals surface area contributed by atoms with Crippen molar-refractivity contribution in [3.63, 3.8) is 0 Å². The van der Waals surface area contributed by atoms with Crippen LogP contribution in [0.4, 0.5) is 0 Å². The summed E-state index contributed by atoms with van der Waals surface area (Å²) in [6.45, 7) is 6.23. The van der Waals surface area contributed by atoms with Crippen LogP contribution in [0.5, 0.6) is 0 Å². The van der Waals surface area contributed by atoms with E-state index < -0.39 is 6.10 Å². The first-order chi connectivity index (χ1) is 11.9. The smallest absolute Gasteiger partial charge is 0.255 e. The Morgan fingerprint density at radius 2 is 2.16 bits per heavy atom. The summed E-state index contributed by atoms with van der Waals surface area (Å²) in [6.07, 6.45) is 3.61. The van der Waals surface area contributed by atoms with Crippen LogP contribution in [0.15, 0.2) is 18.6 Å². The Morgan fingerprint density at radius 3 is 2.84 bits per heavy atom. The number of amides is 1. The summed E-state index contributed by atoms with van der Waals surface area (Å²) in [6, 6.07) is 1.77. The van der Waals surface area contributed by atoms with E-state index in [4.69, 9.17) is 0 Å². The fourth-order valence-corrected chi connectivity index (χ4v) is 3.39. The zero-order valence-electron chi connectivity index (χ0n) is 15.4. The Balaban J connectivity index is 1.80. The summed E-state index contributed by atoms with van der Waals surface area (Å²) in [4.78, 5) is 25.5. The van der Waals surface area contributed by atoms with Crippen molar-refractivity contribution in [1.82, 2.24) is 24.3 Å². The zero-order valence-corrected chi connectivity index (χ0v) is 15.4. The third kappa shape index (κ3) is 3.67. The van der Waals surface area contributed by atoms with Crippen LogP contribution >= 0.6 is 0 Å². The minimum absolute atomic E-state index is 0.0420. The van der Waals surface area contributed by atoms with Crippen molar-refractivity contribution >= 4 is 17.1 Å². The highest BCUT2D eigenvalue weighted by Crippen LogP contribution is 2.19. The maximum absolute atomic E-state index is 12.9. The first-order valence-electron chi connectivity index (χ1n) is 8.81. The third-order valence-electron chi connectivity index (χ3n) is 4.76. The predicted octanol–water partition coefficient (Wildman–Crippen LogP) is 1.22. The largest absolute Gasteiger partial charge is 0.391 e. The van der Waals surface area contributed by atoms with E-state index in [1.54, 1.807) is 17.4 Å². The van der Waals surface area contributed by atoms with E-state index in [2.05, 4.69) is 23.8 Å². The van der Waals surface area contributed by atoms with Crippen molar-refractivity contribution in [3.05, 3.63) is 24.2 Å². The lowest BCUT2D eigenvalue weighted by Gasteiger charge is -2.39. The van der Waals surface area contributed by atoms with Crippen LogP contribution in [-0.2, 0) is 6.54 Å². The lowest BCUT2D eigenvalue weighted by atomic mass is 10.0. The topological polar surface area (TPSA) is 74.5 Å². The second-order valence-electron chi connectivity index (χ2n) is 7.50. The molecular formula is C18H27N5O2. The normalized spacial score (nSPS) is 21.5. The Morgan fingerprint density at radius 1 is 1.40 bits per heavy atom. The van der Waals surface area contributed by atoms with Crippen LogP contribution in [0.25, 0.3) is 11.2 Å². The fraction of sp³-hybridized carbons (Fsp3) is 0.611. The maximum atomic E-state index is 12.9. The van der Waals surface area contributed by atoms with E-state index in [1.165, 1.54) is 0 Å². The Bertz CT molecular complexity index is 755. The van der Waals surface area contributed by atoms with Gasteiger partial charge in [0.1, 0.15) is 5.52 Å². The molecule has 1 N–H and O–H groups in total. The maximum Gasteiger partial charge on any atom is 0.255 e. The van der Waals surface area contributed by atoms with Crippen molar-refractivity contribution in [2.24, 2.45) is 5.92 Å². The van der Waals surface area contributed by atoms with Gasteiger partial charge in [-0.15, -0.1) is 0 Å². The molecule has 0 unspecified atom stereocenters. The number of carbonyl (C=O) groups is 1. The van der Waals surface area contributed by atoms with Gasteiger partial charge in [0.25, 0.3) is 5.91 Å². The fourth-order valence-electron chi connectivity index (χ4n) is 3.39. The van der Waals surface area contributed by atoms with E-state index in [0.717, 1.165) is 17.7 Å². The van der Waals surface area contributed by atoms with Gasteiger partial charge in [0, 0.05) is 25.8 Å². The summed E-state index contributed by atoms with van der Waals surface area (Å²) in [5.74, 6) is 0.454. The van der Waals surface area contributed by atoms with Crippen LogP contribution < -0.4 is 0 Å². The van der Waals surface area contributed by atoms with Gasteiger partial charge < -0.3 is 19.5 Å². The SMILES string of the molecule is CC(C)Cn1cnc2cc(C(=O)N3CC[C@H](O)[C@H](N(C)C)C3)cnc21. The van der Waals surface area contributed by atoms with Crippen molar-refractivity contribution in [2.75, 3.05) is 27.2 Å². The second-order valence-corrected chi connectivity index (χ2v) is 7.50. The number of likely N-dealkylation sites (N-methyl/N-ethyl adjacent to an activating group) is 1. The monoisotopic (exact) mass is 345 g/mol. The average molecular weight is 345 g/mol. The molecule has 3 rings (SSSR count). The minimum Gasteiger partial charge on any atom is -0.391 e. The molecule has 2 aromatic rings. The highest BCUT2D eigenvalue weighted by atomic mass is 16.3. The molecule has 0 radical (unpaired) electrons. The van der Waals surface area contributed by atoms with Crippen LogP contribution in [0.3, 0.4) is 0 Å². The predicted molar refractivity (Wildman–Crippen MR) is 96.4 cm³/mol. The van der Waals surface area contributed by atoms with Crippen molar-refractivity contribution in [1.29, 1.82) is 0 Å². The van der Waals surface area contributed by atoms with Gasteiger partial charge in [-0.05, 0) is 32.5 Å². The summed E-state index contributed by atoms with van der Waals surface area (Å²) < 4.78 is 2.02. The molecule has 0 bridgehead atoms. The molecule has 0 spiro atoms. The number of imidazole rings is 1. The van der Waals surface area contributed by atoms with Crippen molar-refractivity contribution in [3.8, 4) is 0 Å². The molecule has 25 heavy (non-hydrogen) atoms. The van der Waals surface area contributed by atoms with Crippen LogP contribution in [0, 0.1) is 5.92 Å². The molecule has 1 aliphatic rings. The van der Waals surface area contributed by atoms with Gasteiger partial charge in [-0.2, -0.15) is 0 Å². The molecule has 2 aromatic heterocycles. The molecule has 0 aliphatic carbocycles. The second kappa shape index (κ2) is 7.09. The van der Waals surface area contributed by atoms with E-state index >= 15 is 0 Å². The number of fused-ring (bicyclic) bond motifs is 1. The first-order valence-corrected chi connectivity index (χ1v) is 8.81. The van der Waals surface area contributed by atoms with Crippen LogP contribution in [-0.4, -0.2) is 74.7 Å². The number of carbonyl (C=O) groups excluding carboxylic acids is 1. The number of likely N-dealkylation sites (tertiary alicyclic amines) is 1. The number of nitrogens with zero attached hydrogens (tertiary/aromatic N) is 5. The van der Waals surface area contributed by atoms with E-state index in [-0.39, 0.29) is 11.9 Å². The lowest BCUT2D eigenvalue weighted by Crippen LogP contribution is -2.54. The Labute approximate surface area is 148 Å².